The van der Waals surface area contributed by atoms with E-state index >= 15 is 0 Å². The monoisotopic (exact) mass is 526 g/mol. The van der Waals surface area contributed by atoms with Gasteiger partial charge in [-0.15, -0.1) is 4.59 Å². The molecule has 2 aliphatic heterocycles. The highest BCUT2D eigenvalue weighted by atomic mass is 16.6. The first-order valence-electron chi connectivity index (χ1n) is 13.4. The third-order valence-corrected chi connectivity index (χ3v) is 8.06. The van der Waals surface area contributed by atoms with E-state index in [9.17, 15) is 9.59 Å². The lowest BCUT2D eigenvalue weighted by atomic mass is 9.80. The van der Waals surface area contributed by atoms with Crippen LogP contribution in [0, 0.1) is 11.8 Å². The second kappa shape index (κ2) is 9.91. The molecule has 1 atom stereocenters. The zero-order chi connectivity index (χ0) is 27.0. The van der Waals surface area contributed by atoms with Gasteiger partial charge in [-0.1, -0.05) is 36.4 Å². The third kappa shape index (κ3) is 4.79. The summed E-state index contributed by atoms with van der Waals surface area (Å²) in [5.41, 5.74) is 8.04. The summed E-state index contributed by atoms with van der Waals surface area (Å²) < 4.78 is 11.5. The summed E-state index contributed by atoms with van der Waals surface area (Å²) in [6.45, 7) is 0.465. The Morgan fingerprint density at radius 3 is 2.51 bits per heavy atom. The quantitative estimate of drug-likeness (QED) is 0.307. The average Bonchev–Trinajstić information content (AvgIpc) is 3.68. The van der Waals surface area contributed by atoms with Crippen molar-refractivity contribution in [1.29, 1.82) is 0 Å². The lowest BCUT2D eigenvalue weighted by molar-refractivity contribution is -0.750. The molecule has 2 saturated carbocycles. The van der Waals surface area contributed by atoms with Gasteiger partial charge in [0, 0.05) is 18.8 Å². The van der Waals surface area contributed by atoms with Gasteiger partial charge in [0.1, 0.15) is 24.3 Å². The Morgan fingerprint density at radius 1 is 1.03 bits per heavy atom. The first-order chi connectivity index (χ1) is 18.9. The highest BCUT2D eigenvalue weighted by Crippen LogP contribution is 2.44. The Kier molecular flexibility index (Phi) is 6.40. The van der Waals surface area contributed by atoms with Crippen molar-refractivity contribution >= 4 is 23.9 Å². The molecule has 39 heavy (non-hydrogen) atoms. The molecule has 0 aromatic heterocycles. The largest absolute Gasteiger partial charge is 0.489 e. The fourth-order valence-electron chi connectivity index (χ4n) is 5.56. The number of esters is 1. The fraction of sp³-hybridized carbons (Fsp3) is 0.333. The number of benzene rings is 2. The van der Waals surface area contributed by atoms with Gasteiger partial charge in [-0.3, -0.25) is 14.6 Å². The van der Waals surface area contributed by atoms with Crippen molar-refractivity contribution in [3.05, 3.63) is 89.5 Å². The molecular weight excluding hydrogens is 494 g/mol. The number of nitrogens with zero attached hydrogens (tertiary/aromatic N) is 3. The number of allylic oxidation sites excluding steroid dienone is 2. The normalized spacial score (nSPS) is 26.5. The van der Waals surface area contributed by atoms with Crippen LogP contribution >= 0.6 is 0 Å². The van der Waals surface area contributed by atoms with E-state index in [1.807, 2.05) is 60.8 Å². The number of amides is 1. The van der Waals surface area contributed by atoms with Crippen LogP contribution in [0.2, 0.25) is 0 Å². The van der Waals surface area contributed by atoms with Crippen LogP contribution in [0.25, 0.3) is 0 Å². The van der Waals surface area contributed by atoms with Gasteiger partial charge in [0.15, 0.2) is 5.60 Å². The van der Waals surface area contributed by atoms with Crippen LogP contribution in [0.3, 0.4) is 0 Å². The van der Waals surface area contributed by atoms with Crippen LogP contribution < -0.4 is 16.3 Å². The van der Waals surface area contributed by atoms with E-state index in [0.29, 0.717) is 38.1 Å². The highest BCUT2D eigenvalue weighted by Gasteiger charge is 2.54. The number of rotatable bonds is 8. The molecule has 0 saturated heterocycles. The van der Waals surface area contributed by atoms with Crippen LogP contribution in [0.1, 0.15) is 49.7 Å². The predicted octanol–water partition coefficient (Wildman–Crippen LogP) is 3.85. The van der Waals surface area contributed by atoms with E-state index in [-0.39, 0.29) is 22.4 Å². The molecule has 2 heterocycles. The van der Waals surface area contributed by atoms with Gasteiger partial charge in [0.25, 0.3) is 11.7 Å². The van der Waals surface area contributed by atoms with Crippen molar-refractivity contribution in [3.63, 3.8) is 0 Å². The first-order valence-corrected chi connectivity index (χ1v) is 13.4. The number of hydrogen-bond donors (Lipinski definition) is 2. The average molecular weight is 527 g/mol. The lowest BCUT2D eigenvalue weighted by Gasteiger charge is -2.29. The predicted molar refractivity (Wildman–Crippen MR) is 146 cm³/mol. The molecular formula is C30H32N5O4+. The maximum Gasteiger partial charge on any atom is 0.309 e. The van der Waals surface area contributed by atoms with E-state index in [1.54, 1.807) is 12.4 Å². The summed E-state index contributed by atoms with van der Waals surface area (Å²) in [5.74, 6) is 7.38. The Hall–Kier alpha value is -4.08. The van der Waals surface area contributed by atoms with Gasteiger partial charge in [-0.25, -0.2) is 0 Å². The minimum absolute atomic E-state index is 0.0654. The Morgan fingerprint density at radius 2 is 1.79 bits per heavy atom. The van der Waals surface area contributed by atoms with Crippen LogP contribution in [0.4, 0.5) is 0 Å². The molecule has 200 valence electrons. The Balaban J connectivity index is 1.19. The number of ether oxygens (including phenoxy) is 2. The number of nitrogens with two attached hydrogens (primary N) is 2. The number of primary amides is 1. The van der Waals surface area contributed by atoms with Gasteiger partial charge >= 0.3 is 5.97 Å². The van der Waals surface area contributed by atoms with Gasteiger partial charge in [0.05, 0.1) is 23.9 Å². The molecule has 0 spiro atoms. The van der Waals surface area contributed by atoms with E-state index in [4.69, 9.17) is 26.0 Å². The summed E-state index contributed by atoms with van der Waals surface area (Å²) in [7, 11) is 0. The minimum atomic E-state index is -1.08. The molecule has 0 bridgehead atoms. The Labute approximate surface area is 227 Å². The Bertz CT molecular complexity index is 1420. The van der Waals surface area contributed by atoms with Crippen LogP contribution in [-0.2, 0) is 20.9 Å². The van der Waals surface area contributed by atoms with Crippen molar-refractivity contribution in [2.45, 2.75) is 50.7 Å². The smallest absolute Gasteiger partial charge is 0.309 e. The zero-order valence-corrected chi connectivity index (χ0v) is 21.7. The van der Waals surface area contributed by atoms with Gasteiger partial charge < -0.3 is 15.2 Å². The molecule has 4 aliphatic rings. The zero-order valence-electron chi connectivity index (χ0n) is 21.7. The molecule has 2 aliphatic carbocycles. The number of carbonyl (C=O) groups excluding carboxylic acids is 2. The molecule has 2 fully saturated rings. The minimum Gasteiger partial charge on any atom is -0.489 e. The third-order valence-electron chi connectivity index (χ3n) is 8.06. The molecule has 4 N–H and O–H groups in total. The van der Waals surface area contributed by atoms with E-state index in [1.165, 1.54) is 0 Å². The summed E-state index contributed by atoms with van der Waals surface area (Å²) in [6.07, 6.45) is 9.16. The molecule has 6 rings (SSSR count). The fourth-order valence-corrected chi connectivity index (χ4v) is 5.56. The maximum absolute atomic E-state index is 12.7. The standard InChI is InChI=1S/C30H31N5O4/c31-29(37)30(13-14-30)39-28(36)22-11-9-21(10-12-22)26-25-18-33-15-16-35(25,32)27(34-26)23-7-4-8-24(17-23)38-19-20-5-2-1-3-6-20/h1-8,15-18,21-22H,9-14,19,32H2,(H-,31,37)/p+1. The summed E-state index contributed by atoms with van der Waals surface area (Å²) in [5, 5.41) is 0. The molecule has 9 nitrogen and oxygen atoms in total. The summed E-state index contributed by atoms with van der Waals surface area (Å²) >= 11 is 0. The van der Waals surface area contributed by atoms with Crippen LogP contribution in [0.15, 0.2) is 88.4 Å². The van der Waals surface area contributed by atoms with Crippen molar-refractivity contribution in [3.8, 4) is 5.75 Å². The van der Waals surface area contributed by atoms with Crippen LogP contribution in [-0.4, -0.2) is 34.1 Å². The number of hydrogen-bond acceptors (Lipinski definition) is 7. The van der Waals surface area contributed by atoms with Crippen molar-refractivity contribution in [2.24, 2.45) is 33.4 Å². The highest BCUT2D eigenvalue weighted by molar-refractivity contribution is 6.00. The topological polar surface area (TPSA) is 129 Å². The van der Waals surface area contributed by atoms with Gasteiger partial charge in [0.2, 0.25) is 5.70 Å². The van der Waals surface area contributed by atoms with Crippen molar-refractivity contribution in [2.75, 3.05) is 0 Å². The van der Waals surface area contributed by atoms with E-state index < -0.39 is 11.5 Å². The van der Waals surface area contributed by atoms with Gasteiger partial charge in [-0.2, -0.15) is 10.8 Å². The molecule has 0 radical (unpaired) electrons. The van der Waals surface area contributed by atoms with Gasteiger partial charge in [-0.05, 0) is 49.4 Å². The molecule has 9 heteroatoms. The van der Waals surface area contributed by atoms with Crippen molar-refractivity contribution in [1.82, 2.24) is 0 Å². The second-order valence-electron chi connectivity index (χ2n) is 10.7. The van der Waals surface area contributed by atoms with E-state index in [2.05, 4.69) is 4.99 Å². The summed E-state index contributed by atoms with van der Waals surface area (Å²) in [6, 6.07) is 17.8. The van der Waals surface area contributed by atoms with Crippen LogP contribution in [0.5, 0.6) is 5.75 Å². The number of fused-ring (bicyclic) bond motifs is 1. The van der Waals surface area contributed by atoms with Crippen molar-refractivity contribution < 1.29 is 23.7 Å². The lowest BCUT2D eigenvalue weighted by Crippen LogP contribution is -2.53. The molecule has 1 amide bonds. The SMILES string of the molecule is NC(=O)C1(OC(=O)C2CCC(C3=C4C=NC=C[N+]4(N)C(c4cccc(OCc5ccccc5)c4)=N3)CC2)CC1. The number of quaternary nitrogens is 1. The maximum atomic E-state index is 12.7. The summed E-state index contributed by atoms with van der Waals surface area (Å²) in [4.78, 5) is 33.8. The van der Waals surface area contributed by atoms with E-state index in [0.717, 1.165) is 41.1 Å². The molecule has 1 unspecified atom stereocenters. The molecule has 2 aromatic rings. The number of carbonyl (C=O) groups is 2. The first kappa shape index (κ1) is 25.2. The number of amidine groups is 1. The second-order valence-corrected chi connectivity index (χ2v) is 10.7. The number of aliphatic imine (C=N–C) groups is 2. The molecule has 2 aromatic carbocycles.